The highest BCUT2D eigenvalue weighted by molar-refractivity contribution is 7.08. The normalized spacial score (nSPS) is 21.0. The number of amides is 1. The van der Waals surface area contributed by atoms with Crippen molar-refractivity contribution in [2.24, 2.45) is 0 Å². The molecule has 1 aromatic carbocycles. The smallest absolute Gasteiger partial charge is 0.263 e. The molecule has 0 bridgehead atoms. The zero-order valence-corrected chi connectivity index (χ0v) is 14.3. The number of carbonyl (C=O) groups excluding carboxylic acids is 1. The van der Waals surface area contributed by atoms with Gasteiger partial charge in [-0.2, -0.15) is 0 Å². The molecule has 1 amide bonds. The monoisotopic (exact) mass is 343 g/mol. The lowest BCUT2D eigenvalue weighted by molar-refractivity contribution is -0.141. The number of para-hydroxylation sites is 1. The summed E-state index contributed by atoms with van der Waals surface area (Å²) in [6.07, 6.45) is 3.30. The van der Waals surface area contributed by atoms with Gasteiger partial charge in [0.05, 0.1) is 0 Å². The maximum Gasteiger partial charge on any atom is 0.263 e. The number of ether oxygens (including phenoxy) is 2. The third-order valence-corrected chi connectivity index (χ3v) is 5.41. The van der Waals surface area contributed by atoms with Gasteiger partial charge in [0.1, 0.15) is 17.6 Å². The average Bonchev–Trinajstić information content (AvgIpc) is 3.14. The van der Waals surface area contributed by atoms with Gasteiger partial charge in [-0.15, -0.1) is 11.3 Å². The van der Waals surface area contributed by atoms with E-state index in [4.69, 9.17) is 9.47 Å². The van der Waals surface area contributed by atoms with Crippen LogP contribution in [-0.2, 0) is 11.2 Å². The molecule has 0 N–H and O–H groups in total. The first-order valence-corrected chi connectivity index (χ1v) is 9.46. The summed E-state index contributed by atoms with van der Waals surface area (Å²) in [4.78, 5) is 14.7. The second-order valence-electron chi connectivity index (χ2n) is 6.35. The molecule has 126 valence electrons. The van der Waals surface area contributed by atoms with Crippen LogP contribution in [0.1, 0.15) is 24.8 Å². The van der Waals surface area contributed by atoms with Crippen molar-refractivity contribution in [3.05, 3.63) is 46.7 Å². The van der Waals surface area contributed by atoms with Crippen molar-refractivity contribution in [2.75, 3.05) is 13.1 Å². The Balaban J connectivity index is 1.32. The Morgan fingerprint density at radius 1 is 1.17 bits per heavy atom. The minimum absolute atomic E-state index is 0.124. The Kier molecular flexibility index (Phi) is 4.43. The van der Waals surface area contributed by atoms with Crippen LogP contribution in [0.25, 0.3) is 0 Å². The first-order chi connectivity index (χ1) is 11.8. The number of aryl methyl sites for hydroxylation is 1. The predicted octanol–water partition coefficient (Wildman–Crippen LogP) is 3.51. The van der Waals surface area contributed by atoms with Crippen molar-refractivity contribution in [3.8, 4) is 11.5 Å². The molecule has 1 aromatic heterocycles. The van der Waals surface area contributed by atoms with E-state index in [-0.39, 0.29) is 18.1 Å². The number of piperidine rings is 1. The van der Waals surface area contributed by atoms with Crippen molar-refractivity contribution >= 4 is 17.2 Å². The van der Waals surface area contributed by atoms with Crippen molar-refractivity contribution in [3.63, 3.8) is 0 Å². The topological polar surface area (TPSA) is 38.8 Å². The van der Waals surface area contributed by atoms with E-state index in [0.717, 1.165) is 50.3 Å². The zero-order chi connectivity index (χ0) is 16.4. The molecule has 4 nitrogen and oxygen atoms in total. The third-order valence-electron chi connectivity index (χ3n) is 4.74. The number of thiophene rings is 1. The second kappa shape index (κ2) is 6.85. The highest BCUT2D eigenvalue weighted by Crippen LogP contribution is 2.28. The van der Waals surface area contributed by atoms with Crippen molar-refractivity contribution in [1.29, 1.82) is 0 Å². The molecular weight excluding hydrogens is 322 g/mol. The van der Waals surface area contributed by atoms with E-state index in [1.165, 1.54) is 5.56 Å². The van der Waals surface area contributed by atoms with Crippen LogP contribution < -0.4 is 9.47 Å². The number of rotatable bonds is 3. The molecule has 2 aliphatic rings. The van der Waals surface area contributed by atoms with Gasteiger partial charge in [0.2, 0.25) is 0 Å². The number of nitrogens with zero attached hydrogens (tertiary/aromatic N) is 1. The van der Waals surface area contributed by atoms with E-state index < -0.39 is 0 Å². The van der Waals surface area contributed by atoms with Gasteiger partial charge in [-0.25, -0.2) is 0 Å². The lowest BCUT2D eigenvalue weighted by Gasteiger charge is -2.35. The van der Waals surface area contributed by atoms with Gasteiger partial charge < -0.3 is 14.4 Å². The summed E-state index contributed by atoms with van der Waals surface area (Å²) in [5, 5.41) is 4.04. The molecule has 1 saturated heterocycles. The molecule has 0 unspecified atom stereocenters. The van der Waals surface area contributed by atoms with Crippen LogP contribution >= 0.6 is 11.3 Å². The fourth-order valence-corrected chi connectivity index (χ4v) is 3.97. The van der Waals surface area contributed by atoms with Crippen LogP contribution in [0.15, 0.2) is 41.1 Å². The van der Waals surface area contributed by atoms with Gasteiger partial charge in [-0.05, 0) is 35.9 Å². The molecular formula is C19H21NO3S. The number of likely N-dealkylation sites (tertiary alicyclic amines) is 1. The number of hydrogen-bond acceptors (Lipinski definition) is 4. The summed E-state index contributed by atoms with van der Waals surface area (Å²) in [5.41, 5.74) is 1.20. The first kappa shape index (κ1) is 15.5. The summed E-state index contributed by atoms with van der Waals surface area (Å²) >= 11 is 1.64. The third kappa shape index (κ3) is 3.26. The maximum atomic E-state index is 12.7. The summed E-state index contributed by atoms with van der Waals surface area (Å²) in [6, 6.07) is 10.00. The molecule has 0 aliphatic carbocycles. The van der Waals surface area contributed by atoms with E-state index in [0.29, 0.717) is 0 Å². The summed E-state index contributed by atoms with van der Waals surface area (Å²) < 4.78 is 11.9. The average molecular weight is 343 g/mol. The molecule has 0 spiro atoms. The number of fused-ring (bicyclic) bond motifs is 1. The van der Waals surface area contributed by atoms with Crippen molar-refractivity contribution in [1.82, 2.24) is 4.90 Å². The molecule has 24 heavy (non-hydrogen) atoms. The van der Waals surface area contributed by atoms with Crippen LogP contribution in [0.4, 0.5) is 0 Å². The van der Waals surface area contributed by atoms with Gasteiger partial charge in [0, 0.05) is 31.3 Å². The minimum Gasteiger partial charge on any atom is -0.489 e. The lowest BCUT2D eigenvalue weighted by Crippen LogP contribution is -2.48. The maximum absolute atomic E-state index is 12.7. The number of hydrogen-bond donors (Lipinski definition) is 0. The fraction of sp³-hybridized carbons (Fsp3) is 0.421. The Morgan fingerprint density at radius 3 is 2.79 bits per heavy atom. The van der Waals surface area contributed by atoms with Crippen molar-refractivity contribution in [2.45, 2.75) is 37.9 Å². The van der Waals surface area contributed by atoms with Crippen LogP contribution in [0.2, 0.25) is 0 Å². The number of carbonyl (C=O) groups is 1. The summed E-state index contributed by atoms with van der Waals surface area (Å²) in [6.45, 7) is 1.49. The Hall–Kier alpha value is -2.01. The van der Waals surface area contributed by atoms with E-state index in [9.17, 15) is 4.79 Å². The lowest BCUT2D eigenvalue weighted by atomic mass is 10.0. The molecule has 0 saturated carbocycles. The van der Waals surface area contributed by atoms with E-state index in [1.807, 2.05) is 39.9 Å². The molecule has 5 heteroatoms. The quantitative estimate of drug-likeness (QED) is 0.856. The largest absolute Gasteiger partial charge is 0.489 e. The SMILES string of the molecule is O=C([C@H]1CCc2ccccc2O1)N1CCC(Oc2ccsc2)CC1. The van der Waals surface area contributed by atoms with Gasteiger partial charge in [-0.3, -0.25) is 4.79 Å². The molecule has 0 radical (unpaired) electrons. The van der Waals surface area contributed by atoms with Gasteiger partial charge >= 0.3 is 0 Å². The van der Waals surface area contributed by atoms with Crippen LogP contribution in [0.5, 0.6) is 11.5 Å². The van der Waals surface area contributed by atoms with Crippen LogP contribution in [0, 0.1) is 0 Å². The van der Waals surface area contributed by atoms with Crippen LogP contribution in [-0.4, -0.2) is 36.1 Å². The highest BCUT2D eigenvalue weighted by Gasteiger charge is 2.32. The number of benzene rings is 1. The van der Waals surface area contributed by atoms with E-state index >= 15 is 0 Å². The van der Waals surface area contributed by atoms with Crippen LogP contribution in [0.3, 0.4) is 0 Å². The molecule has 4 rings (SSSR count). The molecule has 3 heterocycles. The van der Waals surface area contributed by atoms with E-state index in [1.54, 1.807) is 11.3 Å². The zero-order valence-electron chi connectivity index (χ0n) is 13.5. The molecule has 2 aliphatic heterocycles. The molecule has 1 atom stereocenters. The predicted molar refractivity (Wildman–Crippen MR) is 93.7 cm³/mol. The Labute approximate surface area is 146 Å². The van der Waals surface area contributed by atoms with Gasteiger partial charge in [-0.1, -0.05) is 18.2 Å². The molecule has 1 fully saturated rings. The summed E-state index contributed by atoms with van der Waals surface area (Å²) in [7, 11) is 0. The van der Waals surface area contributed by atoms with E-state index in [2.05, 4.69) is 6.07 Å². The van der Waals surface area contributed by atoms with Gasteiger partial charge in [0.15, 0.2) is 6.10 Å². The first-order valence-electron chi connectivity index (χ1n) is 8.52. The standard InChI is InChI=1S/C19H21NO3S/c21-19(18-6-5-14-3-1-2-4-17(14)23-18)20-10-7-15(8-11-20)22-16-9-12-24-13-16/h1-4,9,12-13,15,18H,5-8,10-11H2/t18-/m1/s1. The fourth-order valence-electron chi connectivity index (χ4n) is 3.41. The second-order valence-corrected chi connectivity index (χ2v) is 7.13. The Morgan fingerprint density at radius 2 is 2.00 bits per heavy atom. The highest BCUT2D eigenvalue weighted by atomic mass is 32.1. The molecule has 2 aromatic rings. The van der Waals surface area contributed by atoms with Crippen molar-refractivity contribution < 1.29 is 14.3 Å². The summed E-state index contributed by atoms with van der Waals surface area (Å²) in [5.74, 6) is 1.92. The minimum atomic E-state index is -0.339. The van der Waals surface area contributed by atoms with Gasteiger partial charge in [0.25, 0.3) is 5.91 Å². The Bertz CT molecular complexity index is 692.